The zero-order chi connectivity index (χ0) is 38.1. The van der Waals surface area contributed by atoms with Gasteiger partial charge in [0, 0.05) is 41.7 Å². The van der Waals surface area contributed by atoms with Gasteiger partial charge in [-0.3, -0.25) is 24.5 Å². The number of halogens is 5. The fraction of sp³-hybridized carbons (Fsp3) is 0.108. The van der Waals surface area contributed by atoms with E-state index in [1.54, 1.807) is 43.5 Å². The Balaban J connectivity index is 1.20. The summed E-state index contributed by atoms with van der Waals surface area (Å²) in [7, 11) is -4.33. The molecule has 1 atom stereocenters. The van der Waals surface area contributed by atoms with E-state index in [2.05, 4.69) is 25.0 Å². The molecule has 6 rings (SSSR count). The first-order valence-electron chi connectivity index (χ1n) is 15.6. The quantitative estimate of drug-likeness (QED) is 0.125. The molecule has 270 valence electrons. The number of amides is 1. The third-order valence-corrected chi connectivity index (χ3v) is 9.57. The number of carbonyl (C=O) groups is 2. The Morgan fingerprint density at radius 3 is 2.19 bits per heavy atom. The van der Waals surface area contributed by atoms with Crippen molar-refractivity contribution in [2.24, 2.45) is 0 Å². The number of nitrogens with zero attached hydrogens (tertiary/aromatic N) is 3. The molecule has 16 heteroatoms. The highest BCUT2D eigenvalue weighted by molar-refractivity contribution is 7.92. The number of hydrogen-bond donors (Lipinski definition) is 3. The van der Waals surface area contributed by atoms with E-state index in [0.29, 0.717) is 40.4 Å². The van der Waals surface area contributed by atoms with Crippen LogP contribution >= 0.6 is 0 Å². The van der Waals surface area contributed by atoms with E-state index < -0.39 is 62.6 Å². The van der Waals surface area contributed by atoms with Crippen LogP contribution in [0.15, 0.2) is 108 Å². The van der Waals surface area contributed by atoms with Gasteiger partial charge in [0.1, 0.15) is 23.2 Å². The van der Waals surface area contributed by atoms with Gasteiger partial charge in [-0.05, 0) is 78.2 Å². The lowest BCUT2D eigenvalue weighted by Crippen LogP contribution is -2.43. The van der Waals surface area contributed by atoms with Gasteiger partial charge in [0.05, 0.1) is 27.4 Å². The average molecular weight is 748 g/mol. The summed E-state index contributed by atoms with van der Waals surface area (Å²) in [6, 6.07) is 16.9. The lowest BCUT2D eigenvalue weighted by Gasteiger charge is -2.18. The van der Waals surface area contributed by atoms with Crippen LogP contribution in [-0.4, -0.2) is 46.4 Å². The molecule has 0 unspecified atom stereocenters. The van der Waals surface area contributed by atoms with E-state index in [-0.39, 0.29) is 22.5 Å². The zero-order valence-corrected chi connectivity index (χ0v) is 28.1. The van der Waals surface area contributed by atoms with Gasteiger partial charge in [-0.15, -0.1) is 0 Å². The number of carboxylic acids is 1. The SMILES string of the molecule is Cc1cc(-c2ccc(S(=O)(=O)Nc3cc(F)c(C(=O)N[C@@H](Cc4ccc(-c5ccc(C(F)(F)F)cn5)c5ncccc45)C(=O)O)c(F)c3)cc2)ccn1. The third-order valence-electron chi connectivity index (χ3n) is 8.17. The number of alkyl halides is 3. The highest BCUT2D eigenvalue weighted by Crippen LogP contribution is 2.33. The monoisotopic (exact) mass is 747 g/mol. The molecule has 0 bridgehead atoms. The molecule has 53 heavy (non-hydrogen) atoms. The minimum Gasteiger partial charge on any atom is -0.480 e. The molecule has 6 aromatic rings. The Morgan fingerprint density at radius 2 is 1.57 bits per heavy atom. The number of aryl methyl sites for hydroxylation is 1. The predicted molar refractivity (Wildman–Crippen MR) is 184 cm³/mol. The predicted octanol–water partition coefficient (Wildman–Crippen LogP) is 7.19. The van der Waals surface area contributed by atoms with Gasteiger partial charge in [-0.1, -0.05) is 30.3 Å². The maximum atomic E-state index is 15.2. The molecule has 0 saturated heterocycles. The lowest BCUT2D eigenvalue weighted by atomic mass is 9.96. The second-order valence-electron chi connectivity index (χ2n) is 11.8. The van der Waals surface area contributed by atoms with Crippen molar-refractivity contribution in [3.8, 4) is 22.4 Å². The van der Waals surface area contributed by atoms with Crippen molar-refractivity contribution in [2.45, 2.75) is 30.5 Å². The number of rotatable bonds is 10. The van der Waals surface area contributed by atoms with E-state index in [9.17, 15) is 36.3 Å². The second-order valence-corrected chi connectivity index (χ2v) is 13.5. The molecule has 1 amide bonds. The molecule has 3 N–H and O–H groups in total. The second kappa shape index (κ2) is 14.4. The van der Waals surface area contributed by atoms with Crippen LogP contribution in [0.5, 0.6) is 0 Å². The van der Waals surface area contributed by atoms with Crippen LogP contribution in [-0.2, 0) is 27.4 Å². The molecular weight excluding hydrogens is 721 g/mol. The summed E-state index contributed by atoms with van der Waals surface area (Å²) in [6.45, 7) is 1.81. The van der Waals surface area contributed by atoms with Crippen LogP contribution in [0.3, 0.4) is 0 Å². The Labute approximate surface area is 298 Å². The molecule has 0 fully saturated rings. The number of pyridine rings is 3. The molecule has 0 aliphatic rings. The summed E-state index contributed by atoms with van der Waals surface area (Å²) < 4.78 is 97.8. The molecule has 0 aliphatic heterocycles. The van der Waals surface area contributed by atoms with Gasteiger partial charge in [0.15, 0.2) is 0 Å². The average Bonchev–Trinajstić information content (AvgIpc) is 3.10. The van der Waals surface area contributed by atoms with Crippen LogP contribution in [0.1, 0.15) is 27.2 Å². The number of benzene rings is 3. The van der Waals surface area contributed by atoms with Gasteiger partial charge >= 0.3 is 12.1 Å². The van der Waals surface area contributed by atoms with E-state index in [4.69, 9.17) is 0 Å². The fourth-order valence-electron chi connectivity index (χ4n) is 5.60. The molecule has 3 aromatic carbocycles. The highest BCUT2D eigenvalue weighted by Gasteiger charge is 2.31. The summed E-state index contributed by atoms with van der Waals surface area (Å²) in [5.74, 6) is -5.89. The number of fused-ring (bicyclic) bond motifs is 1. The van der Waals surface area contributed by atoms with Gasteiger partial charge in [0.25, 0.3) is 15.9 Å². The van der Waals surface area contributed by atoms with E-state index >= 15 is 8.78 Å². The van der Waals surface area contributed by atoms with Crippen LogP contribution in [0, 0.1) is 18.6 Å². The number of anilines is 1. The molecule has 0 saturated carbocycles. The largest absolute Gasteiger partial charge is 0.480 e. The molecule has 3 aromatic heterocycles. The summed E-state index contributed by atoms with van der Waals surface area (Å²) in [5, 5.41) is 12.4. The summed E-state index contributed by atoms with van der Waals surface area (Å²) in [6.07, 6.45) is -1.26. The Bertz CT molecular complexity index is 2460. The number of nitrogens with one attached hydrogen (secondary N) is 2. The van der Waals surface area contributed by atoms with Crippen LogP contribution in [0.25, 0.3) is 33.3 Å². The number of aromatic nitrogens is 3. The fourth-order valence-corrected chi connectivity index (χ4v) is 6.64. The van der Waals surface area contributed by atoms with Gasteiger partial charge in [0.2, 0.25) is 0 Å². The molecule has 10 nitrogen and oxygen atoms in total. The maximum Gasteiger partial charge on any atom is 0.417 e. The Kier molecular flexibility index (Phi) is 9.90. The number of aliphatic carboxylic acids is 1. The lowest BCUT2D eigenvalue weighted by molar-refractivity contribution is -0.139. The van der Waals surface area contributed by atoms with Crippen LogP contribution in [0.2, 0.25) is 0 Å². The Hall–Kier alpha value is -6.29. The van der Waals surface area contributed by atoms with Gasteiger partial charge < -0.3 is 10.4 Å². The summed E-state index contributed by atoms with van der Waals surface area (Å²) in [5.41, 5.74) is 0.790. The van der Waals surface area contributed by atoms with Crippen molar-refractivity contribution in [3.63, 3.8) is 0 Å². The van der Waals surface area contributed by atoms with E-state index in [1.165, 1.54) is 36.5 Å². The van der Waals surface area contributed by atoms with Crippen molar-refractivity contribution in [1.29, 1.82) is 0 Å². The zero-order valence-electron chi connectivity index (χ0n) is 27.3. The summed E-state index contributed by atoms with van der Waals surface area (Å²) >= 11 is 0. The summed E-state index contributed by atoms with van der Waals surface area (Å²) in [4.78, 5) is 37.4. The smallest absolute Gasteiger partial charge is 0.417 e. The van der Waals surface area contributed by atoms with Crippen LogP contribution < -0.4 is 10.0 Å². The van der Waals surface area contributed by atoms with Crippen LogP contribution in [0.4, 0.5) is 27.6 Å². The van der Waals surface area contributed by atoms with Crippen molar-refractivity contribution >= 4 is 38.5 Å². The number of hydrogen-bond acceptors (Lipinski definition) is 7. The van der Waals surface area contributed by atoms with Crippen molar-refractivity contribution in [2.75, 3.05) is 4.72 Å². The first kappa shape index (κ1) is 36.5. The maximum absolute atomic E-state index is 15.2. The molecule has 0 aliphatic carbocycles. The Morgan fingerprint density at radius 1 is 0.849 bits per heavy atom. The number of carbonyl (C=O) groups excluding carboxylic acids is 1. The number of carboxylic acid groups (broad SMARTS) is 1. The van der Waals surface area contributed by atoms with Crippen molar-refractivity contribution in [1.82, 2.24) is 20.3 Å². The first-order valence-corrected chi connectivity index (χ1v) is 17.1. The molecule has 3 heterocycles. The van der Waals surface area contributed by atoms with Gasteiger partial charge in [-0.2, -0.15) is 13.2 Å². The minimum atomic E-state index is -4.59. The standard InChI is InChI=1S/C37H26F5N5O5S/c1-20-15-22(12-14-43-20)21-4-8-26(9-5-21)53(51,52)47-25-17-29(38)33(30(39)18-25)35(48)46-32(36(49)50)16-23-6-10-28(34-27(23)3-2-13-44-34)31-11-7-24(19-45-31)37(40,41)42/h2-15,17-19,32,47H,16H2,1H3,(H,46,48)(H,49,50)/t32-/m0/s1. The van der Waals surface area contributed by atoms with Gasteiger partial charge in [-0.25, -0.2) is 22.0 Å². The third kappa shape index (κ3) is 7.97. The molecule has 0 spiro atoms. The van der Waals surface area contributed by atoms with E-state index in [0.717, 1.165) is 17.3 Å². The molecule has 0 radical (unpaired) electrons. The topological polar surface area (TPSA) is 151 Å². The first-order chi connectivity index (χ1) is 25.1. The normalized spacial score (nSPS) is 12.3. The van der Waals surface area contributed by atoms with Crippen molar-refractivity contribution in [3.05, 3.63) is 138 Å². The minimum absolute atomic E-state index is 0.169. The van der Waals surface area contributed by atoms with Crippen molar-refractivity contribution < 1.29 is 45.1 Å². The van der Waals surface area contributed by atoms with E-state index in [1.807, 2.05) is 6.07 Å². The highest BCUT2D eigenvalue weighted by atomic mass is 32.2. The molecular formula is C37H26F5N5O5S. The number of sulfonamides is 1.